The summed E-state index contributed by atoms with van der Waals surface area (Å²) in [5, 5.41) is 6.63. The number of aliphatic imine (C=N–C) groups is 1. The first-order chi connectivity index (χ1) is 13.3. The van der Waals surface area contributed by atoms with Gasteiger partial charge in [0.05, 0.1) is 19.3 Å². The highest BCUT2D eigenvalue weighted by Gasteiger charge is 2.11. The molecular formula is C21H29N5O. The van der Waals surface area contributed by atoms with Crippen molar-refractivity contribution in [2.75, 3.05) is 27.2 Å². The Morgan fingerprint density at radius 3 is 2.44 bits per heavy atom. The highest BCUT2D eigenvalue weighted by Crippen LogP contribution is 2.13. The van der Waals surface area contributed by atoms with Crippen molar-refractivity contribution in [1.29, 1.82) is 0 Å². The average Bonchev–Trinajstić information content (AvgIpc) is 3.22. The molecule has 1 fully saturated rings. The van der Waals surface area contributed by atoms with E-state index in [9.17, 15) is 0 Å². The van der Waals surface area contributed by atoms with Gasteiger partial charge >= 0.3 is 0 Å². The Morgan fingerprint density at radius 2 is 1.74 bits per heavy atom. The van der Waals surface area contributed by atoms with Gasteiger partial charge in [0, 0.05) is 26.2 Å². The third-order valence-electron chi connectivity index (χ3n) is 4.74. The molecule has 6 heteroatoms. The maximum atomic E-state index is 5.16. The number of guanidine groups is 1. The van der Waals surface area contributed by atoms with E-state index in [1.54, 1.807) is 14.2 Å². The van der Waals surface area contributed by atoms with E-state index < -0.39 is 0 Å². The number of nitrogens with zero attached hydrogens (tertiary/aromatic N) is 3. The van der Waals surface area contributed by atoms with Crippen molar-refractivity contribution < 1.29 is 4.74 Å². The molecule has 1 aromatic carbocycles. The molecule has 2 heterocycles. The fourth-order valence-corrected chi connectivity index (χ4v) is 3.21. The van der Waals surface area contributed by atoms with Crippen molar-refractivity contribution >= 4 is 5.96 Å². The van der Waals surface area contributed by atoms with Gasteiger partial charge in [0.15, 0.2) is 5.96 Å². The van der Waals surface area contributed by atoms with Crippen LogP contribution in [0.5, 0.6) is 5.88 Å². The average molecular weight is 367 g/mol. The van der Waals surface area contributed by atoms with Crippen LogP contribution in [0, 0.1) is 0 Å². The van der Waals surface area contributed by atoms with E-state index >= 15 is 0 Å². The lowest BCUT2D eigenvalue weighted by Crippen LogP contribution is -2.36. The van der Waals surface area contributed by atoms with Crippen LogP contribution in [0.3, 0.4) is 0 Å². The molecular weight excluding hydrogens is 338 g/mol. The lowest BCUT2D eigenvalue weighted by atomic mass is 10.1. The van der Waals surface area contributed by atoms with E-state index in [0.717, 1.165) is 24.7 Å². The maximum Gasteiger partial charge on any atom is 0.213 e. The fraction of sp³-hybridized carbons (Fsp3) is 0.429. The van der Waals surface area contributed by atoms with E-state index in [-0.39, 0.29) is 0 Å². The van der Waals surface area contributed by atoms with Gasteiger partial charge in [-0.3, -0.25) is 9.89 Å². The van der Waals surface area contributed by atoms with Crippen molar-refractivity contribution in [3.05, 3.63) is 59.3 Å². The van der Waals surface area contributed by atoms with Gasteiger partial charge in [0.2, 0.25) is 5.88 Å². The SMILES string of the molecule is CN=C(NCc1ccc(CN2CCCC2)cc1)NCc1cccc(OC)n1. The summed E-state index contributed by atoms with van der Waals surface area (Å²) >= 11 is 0. The summed E-state index contributed by atoms with van der Waals surface area (Å²) in [6.45, 7) is 4.84. The monoisotopic (exact) mass is 367 g/mol. The smallest absolute Gasteiger partial charge is 0.213 e. The first-order valence-electron chi connectivity index (χ1n) is 9.51. The molecule has 1 aliphatic heterocycles. The summed E-state index contributed by atoms with van der Waals surface area (Å²) in [5.41, 5.74) is 3.53. The Bertz CT molecular complexity index is 738. The van der Waals surface area contributed by atoms with Crippen LogP contribution in [0.2, 0.25) is 0 Å². The Morgan fingerprint density at radius 1 is 1.04 bits per heavy atom. The van der Waals surface area contributed by atoms with E-state index in [2.05, 4.69) is 49.8 Å². The van der Waals surface area contributed by atoms with Gasteiger partial charge in [-0.15, -0.1) is 0 Å². The normalized spacial score (nSPS) is 15.0. The third kappa shape index (κ3) is 5.96. The standard InChI is InChI=1S/C21H29N5O/c1-22-21(24-15-19-6-5-7-20(25-19)27-2)23-14-17-8-10-18(11-9-17)16-26-12-3-4-13-26/h5-11H,3-4,12-16H2,1-2H3,(H2,22,23,24). The number of likely N-dealkylation sites (tertiary alicyclic amines) is 1. The first-order valence-corrected chi connectivity index (χ1v) is 9.51. The summed E-state index contributed by atoms with van der Waals surface area (Å²) in [5.74, 6) is 1.37. The van der Waals surface area contributed by atoms with Crippen LogP contribution in [0.4, 0.5) is 0 Å². The fourth-order valence-electron chi connectivity index (χ4n) is 3.21. The van der Waals surface area contributed by atoms with E-state index in [1.807, 2.05) is 18.2 Å². The summed E-state index contributed by atoms with van der Waals surface area (Å²) in [6.07, 6.45) is 2.67. The molecule has 1 aliphatic rings. The lowest BCUT2D eigenvalue weighted by Gasteiger charge is -2.15. The molecule has 6 nitrogen and oxygen atoms in total. The molecule has 0 bridgehead atoms. The molecule has 0 aliphatic carbocycles. The van der Waals surface area contributed by atoms with Crippen molar-refractivity contribution in [1.82, 2.24) is 20.5 Å². The minimum Gasteiger partial charge on any atom is -0.481 e. The largest absolute Gasteiger partial charge is 0.481 e. The highest BCUT2D eigenvalue weighted by atomic mass is 16.5. The van der Waals surface area contributed by atoms with Crippen LogP contribution in [0.25, 0.3) is 0 Å². The molecule has 27 heavy (non-hydrogen) atoms. The molecule has 144 valence electrons. The van der Waals surface area contributed by atoms with Gasteiger partial charge in [0.1, 0.15) is 0 Å². The summed E-state index contributed by atoms with van der Waals surface area (Å²) in [6, 6.07) is 14.6. The van der Waals surface area contributed by atoms with Crippen molar-refractivity contribution in [2.45, 2.75) is 32.5 Å². The minimum absolute atomic E-state index is 0.589. The molecule has 0 unspecified atom stereocenters. The number of nitrogens with one attached hydrogen (secondary N) is 2. The van der Waals surface area contributed by atoms with Crippen molar-refractivity contribution in [3.63, 3.8) is 0 Å². The number of aromatic nitrogens is 1. The van der Waals surface area contributed by atoms with Crippen LogP contribution in [0.15, 0.2) is 47.5 Å². The second-order valence-corrected chi connectivity index (χ2v) is 6.75. The van der Waals surface area contributed by atoms with Crippen molar-refractivity contribution in [2.24, 2.45) is 4.99 Å². The van der Waals surface area contributed by atoms with Crippen LogP contribution in [-0.4, -0.2) is 43.1 Å². The summed E-state index contributed by atoms with van der Waals surface area (Å²) in [4.78, 5) is 11.2. The highest BCUT2D eigenvalue weighted by molar-refractivity contribution is 5.79. The molecule has 2 aromatic rings. The summed E-state index contributed by atoms with van der Waals surface area (Å²) < 4.78 is 5.16. The molecule has 0 saturated carbocycles. The van der Waals surface area contributed by atoms with E-state index in [1.165, 1.54) is 37.1 Å². The maximum absolute atomic E-state index is 5.16. The predicted octanol–water partition coefficient (Wildman–Crippen LogP) is 2.55. The number of ether oxygens (including phenoxy) is 1. The first kappa shape index (κ1) is 19.2. The number of benzene rings is 1. The lowest BCUT2D eigenvalue weighted by molar-refractivity contribution is 0.331. The zero-order valence-corrected chi connectivity index (χ0v) is 16.2. The van der Waals surface area contributed by atoms with Crippen LogP contribution >= 0.6 is 0 Å². The zero-order valence-electron chi connectivity index (χ0n) is 16.2. The van der Waals surface area contributed by atoms with Gasteiger partial charge in [-0.1, -0.05) is 30.3 Å². The number of methoxy groups -OCH3 is 1. The van der Waals surface area contributed by atoms with Crippen LogP contribution < -0.4 is 15.4 Å². The van der Waals surface area contributed by atoms with Crippen molar-refractivity contribution in [3.8, 4) is 5.88 Å². The molecule has 0 spiro atoms. The Kier molecular flexibility index (Phi) is 7.04. The molecule has 0 radical (unpaired) electrons. The Hall–Kier alpha value is -2.60. The molecule has 0 amide bonds. The Labute approximate surface area is 161 Å². The third-order valence-corrected chi connectivity index (χ3v) is 4.74. The molecule has 1 aromatic heterocycles. The number of hydrogen-bond acceptors (Lipinski definition) is 4. The van der Waals surface area contributed by atoms with Gasteiger partial charge in [-0.25, -0.2) is 4.98 Å². The second kappa shape index (κ2) is 9.92. The van der Waals surface area contributed by atoms with Gasteiger partial charge < -0.3 is 15.4 Å². The van der Waals surface area contributed by atoms with Gasteiger partial charge in [0.25, 0.3) is 0 Å². The number of rotatable bonds is 7. The number of pyridine rings is 1. The molecule has 3 rings (SSSR count). The topological polar surface area (TPSA) is 61.8 Å². The molecule has 1 saturated heterocycles. The van der Waals surface area contributed by atoms with E-state index in [4.69, 9.17) is 4.74 Å². The number of hydrogen-bond donors (Lipinski definition) is 2. The predicted molar refractivity (Wildman–Crippen MR) is 109 cm³/mol. The van der Waals surface area contributed by atoms with Crippen LogP contribution in [0.1, 0.15) is 29.7 Å². The second-order valence-electron chi connectivity index (χ2n) is 6.75. The minimum atomic E-state index is 0.589. The van der Waals surface area contributed by atoms with Gasteiger partial charge in [-0.05, 0) is 43.1 Å². The summed E-state index contributed by atoms with van der Waals surface area (Å²) in [7, 11) is 3.39. The van der Waals surface area contributed by atoms with E-state index in [0.29, 0.717) is 12.4 Å². The quantitative estimate of drug-likeness (QED) is 0.582. The Balaban J connectivity index is 1.45. The molecule has 2 N–H and O–H groups in total. The van der Waals surface area contributed by atoms with Gasteiger partial charge in [-0.2, -0.15) is 0 Å². The zero-order chi connectivity index (χ0) is 18.9. The molecule has 0 atom stereocenters. The van der Waals surface area contributed by atoms with Crippen LogP contribution in [-0.2, 0) is 19.6 Å².